The fourth-order valence-corrected chi connectivity index (χ4v) is 2.49. The smallest absolute Gasteiger partial charge is 0.313 e. The van der Waals surface area contributed by atoms with Gasteiger partial charge in [0.15, 0.2) is 0 Å². The summed E-state index contributed by atoms with van der Waals surface area (Å²) >= 11 is 0. The van der Waals surface area contributed by atoms with Gasteiger partial charge in [-0.2, -0.15) is 0 Å². The Hall–Kier alpha value is -2.04. The summed E-state index contributed by atoms with van der Waals surface area (Å²) in [7, 11) is 0. The number of piperidine rings is 1. The van der Waals surface area contributed by atoms with Gasteiger partial charge in [0.1, 0.15) is 0 Å². The number of nitrogens with two attached hydrogens (primary N) is 1. The number of aryl methyl sites for hydroxylation is 1. The molecule has 0 aromatic heterocycles. The Kier molecular flexibility index (Phi) is 4.27. The van der Waals surface area contributed by atoms with Crippen LogP contribution in [0.25, 0.3) is 0 Å². The number of anilines is 2. The zero-order valence-electron chi connectivity index (χ0n) is 12.0. The minimum Gasteiger partial charge on any atom is -0.397 e. The standard InChI is InChI=1S/C15H21N3O2/c1-10-5-6-13(12(16)8-10)17-14(19)15(20)18-7-3-4-11(2)9-18/h5-6,8,11H,3-4,7,9,16H2,1-2H3,(H,17,19). The largest absolute Gasteiger partial charge is 0.397 e. The Labute approximate surface area is 119 Å². The van der Waals surface area contributed by atoms with E-state index in [0.717, 1.165) is 18.4 Å². The van der Waals surface area contributed by atoms with Crippen molar-refractivity contribution < 1.29 is 9.59 Å². The summed E-state index contributed by atoms with van der Waals surface area (Å²) in [5.74, 6) is -0.642. The van der Waals surface area contributed by atoms with Crippen LogP contribution in [0.3, 0.4) is 0 Å². The lowest BCUT2D eigenvalue weighted by molar-refractivity contribution is -0.144. The molecule has 0 spiro atoms. The van der Waals surface area contributed by atoms with E-state index in [1.807, 2.05) is 13.0 Å². The molecule has 1 unspecified atom stereocenters. The molecule has 1 aromatic rings. The predicted octanol–water partition coefficient (Wildman–Crippen LogP) is 1.77. The summed E-state index contributed by atoms with van der Waals surface area (Å²) in [4.78, 5) is 25.7. The van der Waals surface area contributed by atoms with Crippen molar-refractivity contribution in [3.8, 4) is 0 Å². The minimum atomic E-state index is -0.616. The van der Waals surface area contributed by atoms with E-state index in [1.54, 1.807) is 17.0 Å². The van der Waals surface area contributed by atoms with Crippen LogP contribution in [0.1, 0.15) is 25.3 Å². The fourth-order valence-electron chi connectivity index (χ4n) is 2.49. The number of hydrogen-bond acceptors (Lipinski definition) is 3. The molecule has 0 saturated carbocycles. The van der Waals surface area contributed by atoms with Crippen LogP contribution >= 0.6 is 0 Å². The third-order valence-electron chi connectivity index (χ3n) is 3.59. The summed E-state index contributed by atoms with van der Waals surface area (Å²) in [6.45, 7) is 5.31. The lowest BCUT2D eigenvalue weighted by Gasteiger charge is -2.30. The molecule has 1 fully saturated rings. The van der Waals surface area contributed by atoms with Crippen molar-refractivity contribution in [2.24, 2.45) is 5.92 Å². The molecule has 108 valence electrons. The molecule has 2 rings (SSSR count). The second-order valence-electron chi connectivity index (χ2n) is 5.54. The Morgan fingerprint density at radius 1 is 1.40 bits per heavy atom. The first-order chi connectivity index (χ1) is 9.47. The highest BCUT2D eigenvalue weighted by atomic mass is 16.2. The molecular weight excluding hydrogens is 254 g/mol. The molecular formula is C15H21N3O2. The third-order valence-corrected chi connectivity index (χ3v) is 3.59. The zero-order valence-corrected chi connectivity index (χ0v) is 12.0. The van der Waals surface area contributed by atoms with Crippen LogP contribution in [0.2, 0.25) is 0 Å². The van der Waals surface area contributed by atoms with Gasteiger partial charge in [0.25, 0.3) is 0 Å². The minimum absolute atomic E-state index is 0.449. The van der Waals surface area contributed by atoms with Crippen LogP contribution in [0.4, 0.5) is 11.4 Å². The van der Waals surface area contributed by atoms with Crippen LogP contribution in [0.5, 0.6) is 0 Å². The average Bonchev–Trinajstić information content (AvgIpc) is 2.41. The van der Waals surface area contributed by atoms with Crippen molar-refractivity contribution in [2.75, 3.05) is 24.1 Å². The van der Waals surface area contributed by atoms with Crippen LogP contribution < -0.4 is 11.1 Å². The number of nitrogen functional groups attached to an aromatic ring is 1. The van der Waals surface area contributed by atoms with E-state index in [2.05, 4.69) is 12.2 Å². The molecule has 20 heavy (non-hydrogen) atoms. The number of hydrogen-bond donors (Lipinski definition) is 2. The number of amides is 2. The van der Waals surface area contributed by atoms with Gasteiger partial charge in [0.05, 0.1) is 11.4 Å². The Morgan fingerprint density at radius 2 is 2.15 bits per heavy atom. The van der Waals surface area contributed by atoms with Gasteiger partial charge in [0.2, 0.25) is 0 Å². The first kappa shape index (κ1) is 14.4. The summed E-state index contributed by atoms with van der Waals surface area (Å²) in [6, 6.07) is 5.33. The first-order valence-corrected chi connectivity index (χ1v) is 6.93. The number of nitrogens with zero attached hydrogens (tertiary/aromatic N) is 1. The molecule has 1 aromatic carbocycles. The van der Waals surface area contributed by atoms with Crippen molar-refractivity contribution in [1.82, 2.24) is 4.90 Å². The van der Waals surface area contributed by atoms with E-state index < -0.39 is 11.8 Å². The molecule has 1 heterocycles. The van der Waals surface area contributed by atoms with E-state index in [-0.39, 0.29) is 0 Å². The molecule has 0 radical (unpaired) electrons. The number of rotatable bonds is 1. The molecule has 5 nitrogen and oxygen atoms in total. The predicted molar refractivity (Wildman–Crippen MR) is 79.2 cm³/mol. The molecule has 0 bridgehead atoms. The highest BCUT2D eigenvalue weighted by Gasteiger charge is 2.26. The number of benzene rings is 1. The highest BCUT2D eigenvalue weighted by Crippen LogP contribution is 2.20. The second kappa shape index (κ2) is 5.94. The van der Waals surface area contributed by atoms with Gasteiger partial charge in [-0.3, -0.25) is 9.59 Å². The summed E-state index contributed by atoms with van der Waals surface area (Å²) in [5, 5.41) is 2.59. The molecule has 1 aliphatic rings. The Bertz CT molecular complexity index is 528. The van der Waals surface area contributed by atoms with E-state index >= 15 is 0 Å². The van der Waals surface area contributed by atoms with Crippen molar-refractivity contribution >= 4 is 23.2 Å². The normalized spacial score (nSPS) is 18.7. The lowest BCUT2D eigenvalue weighted by Crippen LogP contribution is -2.44. The molecule has 1 saturated heterocycles. The highest BCUT2D eigenvalue weighted by molar-refractivity contribution is 6.39. The third kappa shape index (κ3) is 3.29. The number of nitrogens with one attached hydrogen (secondary N) is 1. The Balaban J connectivity index is 2.02. The first-order valence-electron chi connectivity index (χ1n) is 6.93. The van der Waals surface area contributed by atoms with Crippen molar-refractivity contribution in [2.45, 2.75) is 26.7 Å². The van der Waals surface area contributed by atoms with E-state index in [1.165, 1.54) is 0 Å². The number of carbonyl (C=O) groups is 2. The monoisotopic (exact) mass is 275 g/mol. The molecule has 2 amide bonds. The number of carbonyl (C=O) groups excluding carboxylic acids is 2. The quantitative estimate of drug-likeness (QED) is 0.606. The van der Waals surface area contributed by atoms with Crippen LogP contribution in [0.15, 0.2) is 18.2 Å². The van der Waals surface area contributed by atoms with Gasteiger partial charge in [-0.25, -0.2) is 0 Å². The molecule has 5 heteroatoms. The van der Waals surface area contributed by atoms with E-state index in [9.17, 15) is 9.59 Å². The van der Waals surface area contributed by atoms with E-state index in [0.29, 0.717) is 30.4 Å². The van der Waals surface area contributed by atoms with Gasteiger partial charge in [-0.15, -0.1) is 0 Å². The molecule has 3 N–H and O–H groups in total. The maximum absolute atomic E-state index is 12.1. The second-order valence-corrected chi connectivity index (χ2v) is 5.54. The fraction of sp³-hybridized carbons (Fsp3) is 0.467. The van der Waals surface area contributed by atoms with Crippen LogP contribution in [-0.2, 0) is 9.59 Å². The van der Waals surface area contributed by atoms with Crippen LogP contribution in [-0.4, -0.2) is 29.8 Å². The maximum Gasteiger partial charge on any atom is 0.313 e. The summed E-state index contributed by atoms with van der Waals surface area (Å²) in [5.41, 5.74) is 7.80. The van der Waals surface area contributed by atoms with Crippen LogP contribution in [0, 0.1) is 12.8 Å². The number of likely N-dealkylation sites (tertiary alicyclic amines) is 1. The van der Waals surface area contributed by atoms with Crippen molar-refractivity contribution in [3.63, 3.8) is 0 Å². The molecule has 1 aliphatic heterocycles. The summed E-state index contributed by atoms with van der Waals surface area (Å²) < 4.78 is 0. The zero-order chi connectivity index (χ0) is 14.7. The maximum atomic E-state index is 12.1. The van der Waals surface area contributed by atoms with Crippen molar-refractivity contribution in [1.29, 1.82) is 0 Å². The van der Waals surface area contributed by atoms with Gasteiger partial charge in [0, 0.05) is 13.1 Å². The molecule has 0 aliphatic carbocycles. The topological polar surface area (TPSA) is 75.4 Å². The van der Waals surface area contributed by atoms with E-state index in [4.69, 9.17) is 5.73 Å². The van der Waals surface area contributed by atoms with Gasteiger partial charge in [-0.05, 0) is 43.4 Å². The molecule has 1 atom stereocenters. The SMILES string of the molecule is Cc1ccc(NC(=O)C(=O)N2CCCC(C)C2)c(N)c1. The summed E-state index contributed by atoms with van der Waals surface area (Å²) in [6.07, 6.45) is 2.06. The average molecular weight is 275 g/mol. The Morgan fingerprint density at radius 3 is 2.80 bits per heavy atom. The van der Waals surface area contributed by atoms with Gasteiger partial charge in [-0.1, -0.05) is 13.0 Å². The van der Waals surface area contributed by atoms with Crippen molar-refractivity contribution in [3.05, 3.63) is 23.8 Å². The van der Waals surface area contributed by atoms with Gasteiger partial charge >= 0.3 is 11.8 Å². The van der Waals surface area contributed by atoms with Gasteiger partial charge < -0.3 is 16.0 Å². The lowest BCUT2D eigenvalue weighted by atomic mass is 10.0.